The number of benzene rings is 1. The molecule has 0 bridgehead atoms. The number of rotatable bonds is 4. The highest BCUT2D eigenvalue weighted by Gasteiger charge is 2.14. The summed E-state index contributed by atoms with van der Waals surface area (Å²) in [5.41, 5.74) is 7.17. The topological polar surface area (TPSA) is 55.1 Å². The Morgan fingerprint density at radius 2 is 2.05 bits per heavy atom. The van der Waals surface area contributed by atoms with Gasteiger partial charge in [0.15, 0.2) is 0 Å². The van der Waals surface area contributed by atoms with E-state index in [9.17, 15) is 9.18 Å². The number of carbonyl (C=O) groups excluding carboxylic acids is 1. The maximum atomic E-state index is 12.8. The molecule has 100 valence electrons. The summed E-state index contributed by atoms with van der Waals surface area (Å²) in [4.78, 5) is 12.5. The first-order valence-corrected chi connectivity index (χ1v) is 6.82. The fraction of sp³-hybridized carbons (Fsp3) is 0.214. The highest BCUT2D eigenvalue weighted by Crippen LogP contribution is 2.18. The lowest BCUT2D eigenvalue weighted by atomic mass is 10.1. The van der Waals surface area contributed by atoms with Gasteiger partial charge in [-0.3, -0.25) is 4.79 Å². The van der Waals surface area contributed by atoms with Gasteiger partial charge in [-0.15, -0.1) is 11.3 Å². The number of thiophene rings is 1. The predicted octanol–water partition coefficient (Wildman–Crippen LogP) is 2.83. The molecule has 0 fully saturated rings. The first-order chi connectivity index (χ1) is 9.06. The Bertz CT molecular complexity index is 565. The van der Waals surface area contributed by atoms with Gasteiger partial charge in [-0.2, -0.15) is 0 Å². The summed E-state index contributed by atoms with van der Waals surface area (Å²) in [5.74, 6) is -0.422. The summed E-state index contributed by atoms with van der Waals surface area (Å²) in [7, 11) is 0. The minimum Gasteiger partial charge on any atom is -0.397 e. The predicted molar refractivity (Wildman–Crippen MR) is 75.8 cm³/mol. The van der Waals surface area contributed by atoms with Crippen molar-refractivity contribution >= 4 is 22.9 Å². The van der Waals surface area contributed by atoms with E-state index < -0.39 is 0 Å². The highest BCUT2D eigenvalue weighted by molar-refractivity contribution is 7.12. The molecule has 1 amide bonds. The molecule has 3 nitrogen and oxygen atoms in total. The smallest absolute Gasteiger partial charge is 0.263 e. The van der Waals surface area contributed by atoms with Gasteiger partial charge in [0.25, 0.3) is 5.91 Å². The molecule has 5 heteroatoms. The Hall–Kier alpha value is -1.88. The molecule has 1 aromatic carbocycles. The van der Waals surface area contributed by atoms with Crippen LogP contribution in [0.25, 0.3) is 0 Å². The van der Waals surface area contributed by atoms with Gasteiger partial charge < -0.3 is 11.1 Å². The zero-order valence-corrected chi connectivity index (χ0v) is 11.3. The zero-order valence-electron chi connectivity index (χ0n) is 10.5. The largest absolute Gasteiger partial charge is 0.397 e. The van der Waals surface area contributed by atoms with Crippen LogP contribution in [0.5, 0.6) is 0 Å². The third-order valence-corrected chi connectivity index (χ3v) is 3.66. The second kappa shape index (κ2) is 5.84. The van der Waals surface area contributed by atoms with Crippen LogP contribution in [0, 0.1) is 5.82 Å². The molecule has 19 heavy (non-hydrogen) atoms. The molecule has 0 aliphatic rings. The number of nitrogens with two attached hydrogens (primary N) is 1. The Labute approximate surface area is 115 Å². The number of nitrogen functional groups attached to an aromatic ring is 1. The minimum atomic E-state index is -0.258. The summed E-state index contributed by atoms with van der Waals surface area (Å²) in [6, 6.07) is 7.95. The third kappa shape index (κ3) is 3.54. The van der Waals surface area contributed by atoms with E-state index in [2.05, 4.69) is 5.32 Å². The van der Waals surface area contributed by atoms with Crippen molar-refractivity contribution in [3.8, 4) is 0 Å². The lowest BCUT2D eigenvalue weighted by molar-refractivity contribution is 0.0945. The number of anilines is 1. The van der Waals surface area contributed by atoms with Crippen molar-refractivity contribution in [3.05, 3.63) is 52.0 Å². The molecule has 0 radical (unpaired) electrons. The third-order valence-electron chi connectivity index (χ3n) is 2.73. The lowest BCUT2D eigenvalue weighted by Crippen LogP contribution is -2.33. The van der Waals surface area contributed by atoms with Crippen molar-refractivity contribution in [2.24, 2.45) is 0 Å². The van der Waals surface area contributed by atoms with E-state index in [0.29, 0.717) is 17.0 Å². The molecule has 1 aromatic heterocycles. The molecular formula is C14H15FN2OS. The monoisotopic (exact) mass is 278 g/mol. The maximum absolute atomic E-state index is 12.8. The van der Waals surface area contributed by atoms with Gasteiger partial charge in [-0.25, -0.2) is 4.39 Å². The van der Waals surface area contributed by atoms with Crippen LogP contribution in [-0.4, -0.2) is 11.9 Å². The standard InChI is InChI=1S/C14H15FN2OS/c1-9(8-10-2-4-11(15)5-3-10)17-14(18)13-12(16)6-7-19-13/h2-7,9H,8,16H2,1H3,(H,17,18). The van der Waals surface area contributed by atoms with Gasteiger partial charge in [0, 0.05) is 6.04 Å². The van der Waals surface area contributed by atoms with E-state index in [1.807, 2.05) is 6.92 Å². The molecule has 0 aliphatic carbocycles. The van der Waals surface area contributed by atoms with Gasteiger partial charge in [0.1, 0.15) is 10.7 Å². The first kappa shape index (κ1) is 13.5. The van der Waals surface area contributed by atoms with Crippen LogP contribution in [0.3, 0.4) is 0 Å². The average molecular weight is 278 g/mol. The fourth-order valence-corrected chi connectivity index (χ4v) is 2.54. The summed E-state index contributed by atoms with van der Waals surface area (Å²) in [5, 5.41) is 4.67. The Kier molecular flexibility index (Phi) is 4.16. The molecule has 0 saturated heterocycles. The fourth-order valence-electron chi connectivity index (χ4n) is 1.82. The lowest BCUT2D eigenvalue weighted by Gasteiger charge is -2.13. The van der Waals surface area contributed by atoms with Gasteiger partial charge in [0.05, 0.1) is 5.69 Å². The van der Waals surface area contributed by atoms with Gasteiger partial charge >= 0.3 is 0 Å². The summed E-state index contributed by atoms with van der Waals surface area (Å²) in [6.45, 7) is 1.91. The Balaban J connectivity index is 1.94. The van der Waals surface area contributed by atoms with Crippen molar-refractivity contribution in [1.82, 2.24) is 5.32 Å². The van der Waals surface area contributed by atoms with E-state index in [0.717, 1.165) is 5.56 Å². The van der Waals surface area contributed by atoms with Gasteiger partial charge in [0.2, 0.25) is 0 Å². The van der Waals surface area contributed by atoms with Crippen LogP contribution >= 0.6 is 11.3 Å². The van der Waals surface area contributed by atoms with Gasteiger partial charge in [-0.05, 0) is 42.5 Å². The molecule has 3 N–H and O–H groups in total. The zero-order chi connectivity index (χ0) is 13.8. The van der Waals surface area contributed by atoms with Crippen molar-refractivity contribution in [2.75, 3.05) is 5.73 Å². The van der Waals surface area contributed by atoms with Crippen LogP contribution in [0.1, 0.15) is 22.2 Å². The van der Waals surface area contributed by atoms with Crippen LogP contribution in [0.4, 0.5) is 10.1 Å². The second-order valence-corrected chi connectivity index (χ2v) is 5.33. The number of carbonyl (C=O) groups is 1. The van der Waals surface area contributed by atoms with Crippen LogP contribution < -0.4 is 11.1 Å². The first-order valence-electron chi connectivity index (χ1n) is 5.94. The van der Waals surface area contributed by atoms with Crippen molar-refractivity contribution in [1.29, 1.82) is 0 Å². The Morgan fingerprint density at radius 3 is 2.63 bits per heavy atom. The van der Waals surface area contributed by atoms with E-state index in [1.165, 1.54) is 23.5 Å². The van der Waals surface area contributed by atoms with Crippen molar-refractivity contribution in [2.45, 2.75) is 19.4 Å². The SMILES string of the molecule is CC(Cc1ccc(F)cc1)NC(=O)c1sccc1N. The van der Waals surface area contributed by atoms with Gasteiger partial charge in [-0.1, -0.05) is 12.1 Å². The highest BCUT2D eigenvalue weighted by atomic mass is 32.1. The molecule has 2 aromatic rings. The second-order valence-electron chi connectivity index (χ2n) is 4.41. The normalized spacial score (nSPS) is 12.1. The molecule has 0 saturated carbocycles. The minimum absolute atomic E-state index is 0.0422. The summed E-state index contributed by atoms with van der Waals surface area (Å²) >= 11 is 1.32. The number of nitrogens with one attached hydrogen (secondary N) is 1. The van der Waals surface area contributed by atoms with Crippen LogP contribution in [0.2, 0.25) is 0 Å². The van der Waals surface area contributed by atoms with Crippen molar-refractivity contribution < 1.29 is 9.18 Å². The number of hydrogen-bond donors (Lipinski definition) is 2. The molecule has 1 unspecified atom stereocenters. The maximum Gasteiger partial charge on any atom is 0.263 e. The van der Waals surface area contributed by atoms with E-state index in [1.54, 1.807) is 23.6 Å². The van der Waals surface area contributed by atoms with Crippen LogP contribution in [0.15, 0.2) is 35.7 Å². The molecule has 2 rings (SSSR count). The average Bonchev–Trinajstić information content (AvgIpc) is 2.78. The quantitative estimate of drug-likeness (QED) is 0.903. The molecule has 0 aliphatic heterocycles. The molecule has 0 spiro atoms. The van der Waals surface area contributed by atoms with E-state index in [-0.39, 0.29) is 17.8 Å². The molecule has 1 heterocycles. The number of amides is 1. The van der Waals surface area contributed by atoms with Crippen LogP contribution in [-0.2, 0) is 6.42 Å². The number of halogens is 1. The molecule has 1 atom stereocenters. The molecular weight excluding hydrogens is 263 g/mol. The van der Waals surface area contributed by atoms with E-state index >= 15 is 0 Å². The van der Waals surface area contributed by atoms with Crippen molar-refractivity contribution in [3.63, 3.8) is 0 Å². The Morgan fingerprint density at radius 1 is 1.37 bits per heavy atom. The summed E-state index contributed by atoms with van der Waals surface area (Å²) < 4.78 is 12.8. The summed E-state index contributed by atoms with van der Waals surface area (Å²) in [6.07, 6.45) is 0.650. The van der Waals surface area contributed by atoms with E-state index in [4.69, 9.17) is 5.73 Å². The number of hydrogen-bond acceptors (Lipinski definition) is 3.